The van der Waals surface area contributed by atoms with Gasteiger partial charge in [0.25, 0.3) is 0 Å². The average Bonchev–Trinajstić information content (AvgIpc) is 2.89. The molecule has 0 spiro atoms. The predicted molar refractivity (Wildman–Crippen MR) is 79.4 cm³/mol. The van der Waals surface area contributed by atoms with Gasteiger partial charge in [0, 0.05) is 23.5 Å². The summed E-state index contributed by atoms with van der Waals surface area (Å²) in [6.07, 6.45) is 0.959. The number of carbonyl (C=O) groups excluding carboxylic acids is 1. The predicted octanol–water partition coefficient (Wildman–Crippen LogP) is 1.53. The zero-order valence-corrected chi connectivity index (χ0v) is 11.8. The molecule has 20 heavy (non-hydrogen) atoms. The van der Waals surface area contributed by atoms with E-state index in [1.54, 1.807) is 5.38 Å². The van der Waals surface area contributed by atoms with Crippen molar-refractivity contribution in [3.8, 4) is 0 Å². The fraction of sp³-hybridized carbons (Fsp3) is 0.286. The summed E-state index contributed by atoms with van der Waals surface area (Å²) in [7, 11) is 0. The lowest BCUT2D eigenvalue weighted by Gasteiger charge is -2.11. The molecule has 1 amide bonds. The van der Waals surface area contributed by atoms with Crippen LogP contribution in [0.5, 0.6) is 0 Å². The van der Waals surface area contributed by atoms with E-state index >= 15 is 0 Å². The molecule has 1 aromatic carbocycles. The highest BCUT2D eigenvalue weighted by Crippen LogP contribution is 2.14. The van der Waals surface area contributed by atoms with Crippen molar-refractivity contribution < 1.29 is 4.79 Å². The van der Waals surface area contributed by atoms with Crippen molar-refractivity contribution in [2.75, 3.05) is 0 Å². The van der Waals surface area contributed by atoms with E-state index in [9.17, 15) is 9.59 Å². The number of aromatic nitrogens is 1. The van der Waals surface area contributed by atoms with Gasteiger partial charge in [-0.05, 0) is 12.0 Å². The maximum atomic E-state index is 11.7. The second kappa shape index (κ2) is 7.02. The van der Waals surface area contributed by atoms with E-state index < -0.39 is 0 Å². The van der Waals surface area contributed by atoms with Crippen molar-refractivity contribution >= 4 is 17.2 Å². The fourth-order valence-corrected chi connectivity index (χ4v) is 2.42. The molecule has 1 atom stereocenters. The highest BCUT2D eigenvalue weighted by molar-refractivity contribution is 7.07. The number of H-pyrrole nitrogens is 1. The molecular weight excluding hydrogens is 274 g/mol. The number of nitrogens with two attached hydrogens (primary N) is 1. The van der Waals surface area contributed by atoms with Gasteiger partial charge < -0.3 is 16.0 Å². The quantitative estimate of drug-likeness (QED) is 0.754. The van der Waals surface area contributed by atoms with Crippen molar-refractivity contribution in [2.45, 2.75) is 25.4 Å². The maximum Gasteiger partial charge on any atom is 0.304 e. The number of hydrogen-bond acceptors (Lipinski definition) is 4. The van der Waals surface area contributed by atoms with Crippen molar-refractivity contribution in [3.05, 3.63) is 56.6 Å². The van der Waals surface area contributed by atoms with Crippen LogP contribution in [0.2, 0.25) is 0 Å². The van der Waals surface area contributed by atoms with E-state index in [2.05, 4.69) is 10.3 Å². The molecule has 1 unspecified atom stereocenters. The molecule has 106 valence electrons. The molecule has 0 aliphatic rings. The minimum atomic E-state index is -0.136. The van der Waals surface area contributed by atoms with Crippen molar-refractivity contribution in [1.29, 1.82) is 0 Å². The highest BCUT2D eigenvalue weighted by atomic mass is 32.1. The smallest absolute Gasteiger partial charge is 0.304 e. The molecule has 2 rings (SSSR count). The first-order valence-electron chi connectivity index (χ1n) is 6.39. The van der Waals surface area contributed by atoms with Gasteiger partial charge >= 0.3 is 4.87 Å². The summed E-state index contributed by atoms with van der Waals surface area (Å²) in [6, 6.07) is 9.58. The number of rotatable bonds is 6. The Kier molecular flexibility index (Phi) is 5.09. The third-order valence-corrected chi connectivity index (χ3v) is 3.68. The van der Waals surface area contributed by atoms with E-state index in [1.807, 2.05) is 30.3 Å². The first-order valence-corrected chi connectivity index (χ1v) is 7.27. The maximum absolute atomic E-state index is 11.7. The van der Waals surface area contributed by atoms with Crippen LogP contribution in [-0.2, 0) is 11.3 Å². The van der Waals surface area contributed by atoms with Gasteiger partial charge in [0.15, 0.2) is 0 Å². The van der Waals surface area contributed by atoms with Gasteiger partial charge in [-0.3, -0.25) is 9.59 Å². The summed E-state index contributed by atoms with van der Waals surface area (Å²) in [5, 5.41) is 4.47. The van der Waals surface area contributed by atoms with Crippen LogP contribution in [0.4, 0.5) is 0 Å². The molecule has 0 saturated heterocycles. The number of hydrogen-bond donors (Lipinski definition) is 3. The molecule has 0 aliphatic carbocycles. The van der Waals surface area contributed by atoms with Crippen LogP contribution in [0.3, 0.4) is 0 Å². The van der Waals surface area contributed by atoms with Crippen LogP contribution >= 0.6 is 11.3 Å². The highest BCUT2D eigenvalue weighted by Gasteiger charge is 2.09. The summed E-state index contributed by atoms with van der Waals surface area (Å²) < 4.78 is 0. The normalized spacial score (nSPS) is 12.1. The Morgan fingerprint density at radius 2 is 2.10 bits per heavy atom. The van der Waals surface area contributed by atoms with Gasteiger partial charge in [-0.15, -0.1) is 0 Å². The van der Waals surface area contributed by atoms with E-state index in [0.29, 0.717) is 19.4 Å². The third-order valence-electron chi connectivity index (χ3n) is 2.96. The molecule has 0 bridgehead atoms. The largest absolute Gasteiger partial charge is 0.351 e. The van der Waals surface area contributed by atoms with Gasteiger partial charge in [0.05, 0.1) is 6.54 Å². The van der Waals surface area contributed by atoms with Crippen molar-refractivity contribution in [1.82, 2.24) is 10.3 Å². The lowest BCUT2D eigenvalue weighted by Crippen LogP contribution is -2.24. The lowest BCUT2D eigenvalue weighted by molar-refractivity contribution is -0.121. The molecule has 0 aliphatic heterocycles. The van der Waals surface area contributed by atoms with E-state index in [-0.39, 0.29) is 16.8 Å². The zero-order valence-electron chi connectivity index (χ0n) is 11.0. The zero-order chi connectivity index (χ0) is 14.4. The molecule has 1 aromatic heterocycles. The van der Waals surface area contributed by atoms with Crippen LogP contribution < -0.4 is 15.9 Å². The van der Waals surface area contributed by atoms with Crippen LogP contribution in [0.15, 0.2) is 40.5 Å². The van der Waals surface area contributed by atoms with Gasteiger partial charge in [-0.1, -0.05) is 41.7 Å². The second-order valence-electron chi connectivity index (χ2n) is 4.51. The summed E-state index contributed by atoms with van der Waals surface area (Å²) in [4.78, 5) is 25.2. The molecular formula is C14H17N3O2S. The molecule has 4 N–H and O–H groups in total. The summed E-state index contributed by atoms with van der Waals surface area (Å²) >= 11 is 1.09. The van der Waals surface area contributed by atoms with Crippen LogP contribution in [0.1, 0.15) is 30.1 Å². The number of benzene rings is 1. The standard InChI is InChI=1S/C14H17N3O2S/c15-12(10-4-2-1-3-5-10)6-7-13(18)16-8-11-9-20-14(19)17-11/h1-5,9,12H,6-8,15H2,(H,16,18)(H,17,19). The van der Waals surface area contributed by atoms with E-state index in [1.165, 1.54) is 0 Å². The monoisotopic (exact) mass is 291 g/mol. The number of nitrogens with one attached hydrogen (secondary N) is 2. The first kappa shape index (κ1) is 14.5. The Morgan fingerprint density at radius 1 is 1.35 bits per heavy atom. The Morgan fingerprint density at radius 3 is 2.75 bits per heavy atom. The Balaban J connectivity index is 1.74. The lowest BCUT2D eigenvalue weighted by atomic mass is 10.0. The second-order valence-corrected chi connectivity index (χ2v) is 5.35. The summed E-state index contributed by atoms with van der Waals surface area (Å²) in [5.41, 5.74) is 7.78. The summed E-state index contributed by atoms with van der Waals surface area (Å²) in [5.74, 6) is -0.0663. The SMILES string of the molecule is NC(CCC(=O)NCc1csc(=O)[nH]1)c1ccccc1. The van der Waals surface area contributed by atoms with Gasteiger partial charge in [-0.25, -0.2) is 0 Å². The molecule has 0 fully saturated rings. The molecule has 5 nitrogen and oxygen atoms in total. The van der Waals surface area contributed by atoms with Gasteiger partial charge in [0.1, 0.15) is 0 Å². The minimum Gasteiger partial charge on any atom is -0.351 e. The van der Waals surface area contributed by atoms with Crippen LogP contribution in [0.25, 0.3) is 0 Å². The minimum absolute atomic E-state index is 0.0663. The Bertz CT molecular complexity index is 606. The number of thiazole rings is 1. The molecule has 0 saturated carbocycles. The van der Waals surface area contributed by atoms with Gasteiger partial charge in [0.2, 0.25) is 5.91 Å². The number of aromatic amines is 1. The van der Waals surface area contributed by atoms with Crippen LogP contribution in [-0.4, -0.2) is 10.9 Å². The van der Waals surface area contributed by atoms with Crippen molar-refractivity contribution in [3.63, 3.8) is 0 Å². The molecule has 6 heteroatoms. The molecule has 1 heterocycles. The van der Waals surface area contributed by atoms with Crippen molar-refractivity contribution in [2.24, 2.45) is 5.73 Å². The van der Waals surface area contributed by atoms with E-state index in [0.717, 1.165) is 22.6 Å². The third kappa shape index (κ3) is 4.32. The molecule has 0 radical (unpaired) electrons. The van der Waals surface area contributed by atoms with Crippen LogP contribution in [0, 0.1) is 0 Å². The fourth-order valence-electron chi connectivity index (χ4n) is 1.84. The Labute approximate surface area is 120 Å². The summed E-state index contributed by atoms with van der Waals surface area (Å²) in [6.45, 7) is 0.345. The van der Waals surface area contributed by atoms with E-state index in [4.69, 9.17) is 5.73 Å². The average molecular weight is 291 g/mol. The molecule has 2 aromatic rings. The Hall–Kier alpha value is -1.92. The first-order chi connectivity index (χ1) is 9.65. The number of amides is 1. The van der Waals surface area contributed by atoms with Gasteiger partial charge in [-0.2, -0.15) is 0 Å². The topological polar surface area (TPSA) is 88.0 Å². The number of carbonyl (C=O) groups is 1.